The maximum Gasteiger partial charge on any atom is 0.254 e. The van der Waals surface area contributed by atoms with Crippen LogP contribution in [0.1, 0.15) is 21.5 Å². The zero-order valence-electron chi connectivity index (χ0n) is 9.05. The quantitative estimate of drug-likeness (QED) is 0.774. The molecule has 0 saturated carbocycles. The molecule has 1 unspecified atom stereocenters. The second-order valence-corrected chi connectivity index (χ2v) is 4.08. The van der Waals surface area contributed by atoms with E-state index < -0.39 is 5.72 Å². The van der Waals surface area contributed by atoms with Gasteiger partial charge in [-0.3, -0.25) is 4.79 Å². The van der Waals surface area contributed by atoms with E-state index in [4.69, 9.17) is 0 Å². The van der Waals surface area contributed by atoms with Crippen LogP contribution in [0.5, 0.6) is 0 Å². The Hall–Kier alpha value is -2.13. The molecule has 0 aliphatic carbocycles. The van der Waals surface area contributed by atoms with Crippen LogP contribution in [0.2, 0.25) is 0 Å². The summed E-state index contributed by atoms with van der Waals surface area (Å²) in [5, 5.41) is 13.3. The van der Waals surface area contributed by atoms with E-state index in [1.807, 2.05) is 24.3 Å². The summed E-state index contributed by atoms with van der Waals surface area (Å²) >= 11 is 0. The van der Waals surface area contributed by atoms with E-state index in [2.05, 4.69) is 5.32 Å². The predicted molar refractivity (Wildman–Crippen MR) is 63.3 cm³/mol. The Balaban J connectivity index is 2.21. The van der Waals surface area contributed by atoms with Crippen molar-refractivity contribution in [1.82, 2.24) is 5.32 Å². The standard InChI is InChI=1S/C14H11NO2/c16-13-11-8-4-5-9-12(11)14(17,15-13)10-6-2-1-3-7-10/h1-9,17H,(H,15,16). The molecule has 0 fully saturated rings. The van der Waals surface area contributed by atoms with Gasteiger partial charge in [0, 0.05) is 16.7 Å². The summed E-state index contributed by atoms with van der Waals surface area (Å²) in [6.07, 6.45) is 0. The van der Waals surface area contributed by atoms with E-state index in [1.54, 1.807) is 30.3 Å². The fourth-order valence-electron chi connectivity index (χ4n) is 2.20. The van der Waals surface area contributed by atoms with Crippen LogP contribution in [-0.2, 0) is 5.72 Å². The number of benzene rings is 2. The molecule has 0 radical (unpaired) electrons. The Morgan fingerprint density at radius 1 is 0.941 bits per heavy atom. The van der Waals surface area contributed by atoms with Crippen molar-refractivity contribution >= 4 is 5.91 Å². The molecule has 3 nitrogen and oxygen atoms in total. The van der Waals surface area contributed by atoms with Crippen LogP contribution in [0.3, 0.4) is 0 Å². The van der Waals surface area contributed by atoms with Crippen LogP contribution in [0.25, 0.3) is 0 Å². The molecule has 17 heavy (non-hydrogen) atoms. The molecular weight excluding hydrogens is 214 g/mol. The van der Waals surface area contributed by atoms with Gasteiger partial charge in [-0.25, -0.2) is 0 Å². The first-order valence-electron chi connectivity index (χ1n) is 5.42. The van der Waals surface area contributed by atoms with Crippen LogP contribution in [0, 0.1) is 0 Å². The predicted octanol–water partition coefficient (Wildman–Crippen LogP) is 1.62. The van der Waals surface area contributed by atoms with E-state index >= 15 is 0 Å². The van der Waals surface area contributed by atoms with Crippen LogP contribution < -0.4 is 5.32 Å². The molecule has 2 aromatic rings. The number of rotatable bonds is 1. The summed E-state index contributed by atoms with van der Waals surface area (Å²) in [5.74, 6) is -0.244. The second-order valence-electron chi connectivity index (χ2n) is 4.08. The summed E-state index contributed by atoms with van der Waals surface area (Å²) in [7, 11) is 0. The van der Waals surface area contributed by atoms with Crippen LogP contribution >= 0.6 is 0 Å². The zero-order valence-corrected chi connectivity index (χ0v) is 9.05. The zero-order chi connectivity index (χ0) is 11.9. The van der Waals surface area contributed by atoms with Gasteiger partial charge in [-0.15, -0.1) is 0 Å². The molecule has 1 heterocycles. The molecule has 0 spiro atoms. The van der Waals surface area contributed by atoms with Crippen molar-refractivity contribution < 1.29 is 9.90 Å². The molecule has 1 aliphatic rings. The SMILES string of the molecule is O=C1NC(O)(c2ccccc2)c2ccccc21. The van der Waals surface area contributed by atoms with E-state index in [9.17, 15) is 9.90 Å². The Labute approximate surface area is 98.7 Å². The van der Waals surface area contributed by atoms with Gasteiger partial charge in [-0.2, -0.15) is 0 Å². The second kappa shape index (κ2) is 3.43. The molecule has 0 saturated heterocycles. The number of hydrogen-bond acceptors (Lipinski definition) is 2. The van der Waals surface area contributed by atoms with Gasteiger partial charge in [0.05, 0.1) is 0 Å². The molecular formula is C14H11NO2. The third kappa shape index (κ3) is 1.36. The first-order valence-corrected chi connectivity index (χ1v) is 5.42. The molecule has 3 rings (SSSR count). The lowest BCUT2D eigenvalue weighted by atomic mass is 9.95. The number of amides is 1. The van der Waals surface area contributed by atoms with Gasteiger partial charge >= 0.3 is 0 Å². The number of nitrogens with one attached hydrogen (secondary N) is 1. The Morgan fingerprint density at radius 2 is 1.59 bits per heavy atom. The average Bonchev–Trinajstić information content (AvgIpc) is 2.65. The van der Waals surface area contributed by atoms with Crippen LogP contribution in [0.4, 0.5) is 0 Å². The summed E-state index contributed by atoms with van der Waals surface area (Å²) < 4.78 is 0. The topological polar surface area (TPSA) is 49.3 Å². The maximum absolute atomic E-state index is 11.8. The average molecular weight is 225 g/mol. The minimum atomic E-state index is -1.41. The lowest BCUT2D eigenvalue weighted by Gasteiger charge is -2.24. The van der Waals surface area contributed by atoms with Gasteiger partial charge in [0.2, 0.25) is 0 Å². The molecule has 0 aromatic heterocycles. The highest BCUT2D eigenvalue weighted by Crippen LogP contribution is 2.34. The van der Waals surface area contributed by atoms with Crippen LogP contribution in [0.15, 0.2) is 54.6 Å². The van der Waals surface area contributed by atoms with Crippen LogP contribution in [-0.4, -0.2) is 11.0 Å². The lowest BCUT2D eigenvalue weighted by molar-refractivity contribution is 0.0476. The molecule has 1 amide bonds. The van der Waals surface area contributed by atoms with Crippen molar-refractivity contribution in [3.05, 3.63) is 71.3 Å². The number of fused-ring (bicyclic) bond motifs is 1. The van der Waals surface area contributed by atoms with Gasteiger partial charge in [0.1, 0.15) is 0 Å². The molecule has 2 N–H and O–H groups in total. The molecule has 1 atom stereocenters. The smallest absolute Gasteiger partial charge is 0.254 e. The lowest BCUT2D eigenvalue weighted by Crippen LogP contribution is -2.40. The van der Waals surface area contributed by atoms with Gasteiger partial charge in [0.15, 0.2) is 5.72 Å². The first-order chi connectivity index (χ1) is 8.22. The van der Waals surface area contributed by atoms with E-state index in [-0.39, 0.29) is 5.91 Å². The van der Waals surface area contributed by atoms with Crippen molar-refractivity contribution in [2.75, 3.05) is 0 Å². The summed E-state index contributed by atoms with van der Waals surface area (Å²) in [6.45, 7) is 0. The molecule has 0 bridgehead atoms. The molecule has 84 valence electrons. The number of carbonyl (C=O) groups excluding carboxylic acids is 1. The van der Waals surface area contributed by atoms with Crippen molar-refractivity contribution in [1.29, 1.82) is 0 Å². The highest BCUT2D eigenvalue weighted by atomic mass is 16.3. The highest BCUT2D eigenvalue weighted by Gasteiger charge is 2.42. The highest BCUT2D eigenvalue weighted by molar-refractivity contribution is 6.00. The van der Waals surface area contributed by atoms with Crippen molar-refractivity contribution in [2.24, 2.45) is 0 Å². The largest absolute Gasteiger partial charge is 0.363 e. The Kier molecular flexibility index (Phi) is 2.03. The monoisotopic (exact) mass is 225 g/mol. The summed E-state index contributed by atoms with van der Waals surface area (Å²) in [4.78, 5) is 11.8. The number of aliphatic hydroxyl groups is 1. The van der Waals surface area contributed by atoms with Gasteiger partial charge in [-0.05, 0) is 6.07 Å². The molecule has 3 heteroatoms. The summed E-state index contributed by atoms with van der Waals surface area (Å²) in [5.41, 5.74) is 0.392. The van der Waals surface area contributed by atoms with Gasteiger partial charge in [-0.1, -0.05) is 48.5 Å². The fourth-order valence-corrected chi connectivity index (χ4v) is 2.20. The minimum absolute atomic E-state index is 0.244. The third-order valence-electron chi connectivity index (χ3n) is 3.05. The third-order valence-corrected chi connectivity index (χ3v) is 3.05. The van der Waals surface area contributed by atoms with Gasteiger partial charge < -0.3 is 10.4 Å². The van der Waals surface area contributed by atoms with E-state index in [1.165, 1.54) is 0 Å². The van der Waals surface area contributed by atoms with Crippen molar-refractivity contribution in [3.8, 4) is 0 Å². The van der Waals surface area contributed by atoms with E-state index in [0.29, 0.717) is 16.7 Å². The van der Waals surface area contributed by atoms with Crippen molar-refractivity contribution in [2.45, 2.75) is 5.72 Å². The van der Waals surface area contributed by atoms with Crippen molar-refractivity contribution in [3.63, 3.8) is 0 Å². The Bertz CT molecular complexity index is 580. The minimum Gasteiger partial charge on any atom is -0.363 e. The molecule has 1 aliphatic heterocycles. The Morgan fingerprint density at radius 3 is 2.35 bits per heavy atom. The number of carbonyl (C=O) groups is 1. The molecule has 2 aromatic carbocycles. The summed E-state index contributed by atoms with van der Waals surface area (Å²) in [6, 6.07) is 16.2. The first kappa shape index (κ1) is 10.1. The number of hydrogen-bond donors (Lipinski definition) is 2. The normalized spacial score (nSPS) is 22.1. The van der Waals surface area contributed by atoms with Gasteiger partial charge in [0.25, 0.3) is 5.91 Å². The van der Waals surface area contributed by atoms with E-state index in [0.717, 1.165) is 0 Å². The fraction of sp³-hybridized carbons (Fsp3) is 0.0714. The maximum atomic E-state index is 11.8.